The molecule has 1 aromatic rings. The van der Waals surface area contributed by atoms with Gasteiger partial charge in [-0.1, -0.05) is 31.4 Å². The molecule has 1 aliphatic carbocycles. The van der Waals surface area contributed by atoms with Gasteiger partial charge in [0.25, 0.3) is 0 Å². The topological polar surface area (TPSA) is 61.4 Å². The summed E-state index contributed by atoms with van der Waals surface area (Å²) < 4.78 is 13.0. The molecule has 1 aliphatic rings. The van der Waals surface area contributed by atoms with Crippen molar-refractivity contribution >= 4 is 5.91 Å². The third-order valence-electron chi connectivity index (χ3n) is 3.88. The Balaban J connectivity index is 2.03. The van der Waals surface area contributed by atoms with Gasteiger partial charge in [-0.2, -0.15) is 0 Å². The lowest BCUT2D eigenvalue weighted by Crippen LogP contribution is -2.44. The van der Waals surface area contributed by atoms with E-state index < -0.39 is 6.04 Å². The van der Waals surface area contributed by atoms with Crippen LogP contribution in [0.25, 0.3) is 0 Å². The van der Waals surface area contributed by atoms with E-state index in [1.54, 1.807) is 12.1 Å². The van der Waals surface area contributed by atoms with Crippen LogP contribution in [-0.2, 0) is 4.79 Å². The van der Waals surface area contributed by atoms with Gasteiger partial charge < -0.3 is 10.4 Å². The second-order valence-corrected chi connectivity index (χ2v) is 5.51. The lowest BCUT2D eigenvalue weighted by molar-refractivity contribution is -0.124. The molecule has 0 saturated heterocycles. The number of nitrogens with one attached hydrogen (secondary N) is 2. The molecular weight excluding hydrogens is 271 g/mol. The van der Waals surface area contributed by atoms with Gasteiger partial charge in [0.1, 0.15) is 11.9 Å². The zero-order valence-corrected chi connectivity index (χ0v) is 12.1. The minimum Gasteiger partial charge on any atom is -0.395 e. The van der Waals surface area contributed by atoms with E-state index in [2.05, 4.69) is 10.6 Å². The highest BCUT2D eigenvalue weighted by Crippen LogP contribution is 2.19. The van der Waals surface area contributed by atoms with Crippen LogP contribution < -0.4 is 10.6 Å². The van der Waals surface area contributed by atoms with Crippen molar-refractivity contribution in [2.24, 2.45) is 0 Å². The van der Waals surface area contributed by atoms with E-state index in [0.29, 0.717) is 12.1 Å². The Labute approximate surface area is 124 Å². The molecule has 5 heteroatoms. The van der Waals surface area contributed by atoms with Gasteiger partial charge in [-0.05, 0) is 30.5 Å². The molecule has 2 rings (SSSR count). The van der Waals surface area contributed by atoms with Crippen LogP contribution >= 0.6 is 0 Å². The van der Waals surface area contributed by atoms with Crippen LogP contribution in [0.4, 0.5) is 4.39 Å². The summed E-state index contributed by atoms with van der Waals surface area (Å²) in [4.78, 5) is 12.5. The van der Waals surface area contributed by atoms with Crippen molar-refractivity contribution in [2.45, 2.75) is 44.2 Å². The van der Waals surface area contributed by atoms with E-state index in [4.69, 9.17) is 5.11 Å². The van der Waals surface area contributed by atoms with E-state index >= 15 is 0 Å². The van der Waals surface area contributed by atoms with Gasteiger partial charge in [0, 0.05) is 12.6 Å². The molecule has 3 N–H and O–H groups in total. The first kappa shape index (κ1) is 15.9. The van der Waals surface area contributed by atoms with Crippen molar-refractivity contribution in [3.63, 3.8) is 0 Å². The van der Waals surface area contributed by atoms with Crippen LogP contribution in [0, 0.1) is 5.82 Å². The quantitative estimate of drug-likeness (QED) is 0.751. The average Bonchev–Trinajstić information content (AvgIpc) is 2.50. The zero-order chi connectivity index (χ0) is 15.1. The summed E-state index contributed by atoms with van der Waals surface area (Å²) in [5, 5.41) is 15.0. The Bertz CT molecular complexity index is 444. The van der Waals surface area contributed by atoms with Gasteiger partial charge in [-0.25, -0.2) is 4.39 Å². The first-order valence-electron chi connectivity index (χ1n) is 7.61. The second-order valence-electron chi connectivity index (χ2n) is 5.51. The van der Waals surface area contributed by atoms with Crippen molar-refractivity contribution in [3.05, 3.63) is 35.6 Å². The number of hydrogen-bond donors (Lipinski definition) is 3. The number of benzene rings is 1. The molecular formula is C16H23FN2O2. The first-order chi connectivity index (χ1) is 10.2. The summed E-state index contributed by atoms with van der Waals surface area (Å²) in [6.45, 7) is 0.272. The number of hydrogen-bond acceptors (Lipinski definition) is 3. The predicted molar refractivity (Wildman–Crippen MR) is 79.2 cm³/mol. The Hall–Kier alpha value is -1.46. The van der Waals surface area contributed by atoms with E-state index in [1.165, 1.54) is 18.6 Å². The van der Waals surface area contributed by atoms with Gasteiger partial charge in [-0.3, -0.25) is 10.1 Å². The van der Waals surface area contributed by atoms with Crippen LogP contribution in [0.5, 0.6) is 0 Å². The van der Waals surface area contributed by atoms with Crippen molar-refractivity contribution in [2.75, 3.05) is 13.2 Å². The molecule has 0 spiro atoms. The highest BCUT2D eigenvalue weighted by Gasteiger charge is 2.23. The molecule has 0 aliphatic heterocycles. The Morgan fingerprint density at radius 3 is 2.52 bits per heavy atom. The molecule has 1 amide bonds. The molecule has 1 fully saturated rings. The summed E-state index contributed by atoms with van der Waals surface area (Å²) in [6.07, 6.45) is 5.56. The maximum absolute atomic E-state index is 13.0. The van der Waals surface area contributed by atoms with Crippen molar-refractivity contribution in [1.82, 2.24) is 10.6 Å². The van der Waals surface area contributed by atoms with E-state index in [-0.39, 0.29) is 24.4 Å². The average molecular weight is 294 g/mol. The molecule has 4 nitrogen and oxygen atoms in total. The second kappa shape index (κ2) is 8.10. The Morgan fingerprint density at radius 2 is 1.90 bits per heavy atom. The Kier molecular flexibility index (Phi) is 6.14. The maximum Gasteiger partial charge on any atom is 0.241 e. The third kappa shape index (κ3) is 4.79. The van der Waals surface area contributed by atoms with Crippen LogP contribution in [0.3, 0.4) is 0 Å². The Morgan fingerprint density at radius 1 is 1.24 bits per heavy atom. The lowest BCUT2D eigenvalue weighted by Gasteiger charge is -2.26. The highest BCUT2D eigenvalue weighted by atomic mass is 19.1. The van der Waals surface area contributed by atoms with Gasteiger partial charge in [0.15, 0.2) is 0 Å². The highest BCUT2D eigenvalue weighted by molar-refractivity contribution is 5.83. The fourth-order valence-electron chi connectivity index (χ4n) is 2.76. The molecule has 0 heterocycles. The number of amides is 1. The molecule has 1 saturated carbocycles. The monoisotopic (exact) mass is 294 g/mol. The van der Waals surface area contributed by atoms with Gasteiger partial charge in [0.05, 0.1) is 6.61 Å². The molecule has 21 heavy (non-hydrogen) atoms. The summed E-state index contributed by atoms with van der Waals surface area (Å²) in [5.74, 6) is -0.436. The number of rotatable bonds is 6. The van der Waals surface area contributed by atoms with E-state index in [0.717, 1.165) is 25.7 Å². The smallest absolute Gasteiger partial charge is 0.241 e. The summed E-state index contributed by atoms with van der Waals surface area (Å²) in [7, 11) is 0. The summed E-state index contributed by atoms with van der Waals surface area (Å²) in [6, 6.07) is 5.56. The molecule has 0 bridgehead atoms. The molecule has 0 aromatic heterocycles. The van der Waals surface area contributed by atoms with Crippen LogP contribution in [-0.4, -0.2) is 30.2 Å². The molecule has 0 radical (unpaired) electrons. The third-order valence-corrected chi connectivity index (χ3v) is 3.88. The predicted octanol–water partition coefficient (Wildman–Crippen LogP) is 1.90. The number of carbonyl (C=O) groups is 1. The largest absolute Gasteiger partial charge is 0.395 e. The molecule has 1 atom stereocenters. The first-order valence-corrected chi connectivity index (χ1v) is 7.61. The van der Waals surface area contributed by atoms with Gasteiger partial charge >= 0.3 is 0 Å². The van der Waals surface area contributed by atoms with E-state index in [9.17, 15) is 9.18 Å². The molecule has 1 unspecified atom stereocenters. The molecule has 116 valence electrons. The normalized spacial score (nSPS) is 17.4. The number of aliphatic hydroxyl groups is 1. The van der Waals surface area contributed by atoms with Gasteiger partial charge in [0.2, 0.25) is 5.91 Å². The van der Waals surface area contributed by atoms with Crippen LogP contribution in [0.2, 0.25) is 0 Å². The van der Waals surface area contributed by atoms with E-state index in [1.807, 2.05) is 0 Å². The van der Waals surface area contributed by atoms with Crippen LogP contribution in [0.15, 0.2) is 24.3 Å². The number of halogens is 1. The fraction of sp³-hybridized carbons (Fsp3) is 0.562. The van der Waals surface area contributed by atoms with Crippen molar-refractivity contribution in [3.8, 4) is 0 Å². The maximum atomic E-state index is 13.0. The molecule has 1 aromatic carbocycles. The number of carbonyl (C=O) groups excluding carboxylic acids is 1. The zero-order valence-electron chi connectivity index (χ0n) is 12.1. The minimum atomic E-state index is -0.556. The minimum absolute atomic E-state index is 0.0472. The van der Waals surface area contributed by atoms with Crippen LogP contribution in [0.1, 0.15) is 43.7 Å². The number of aliphatic hydroxyl groups excluding tert-OH is 1. The lowest BCUT2D eigenvalue weighted by atomic mass is 9.95. The fourth-order valence-corrected chi connectivity index (χ4v) is 2.76. The standard InChI is InChI=1S/C16H23FN2O2/c17-13-8-6-12(7-9-13)15(18-10-11-20)16(21)19-14-4-2-1-3-5-14/h6-9,14-15,18,20H,1-5,10-11H2,(H,19,21). The summed E-state index contributed by atoms with van der Waals surface area (Å²) >= 11 is 0. The SMILES string of the molecule is O=C(NC1CCCCC1)C(NCCO)c1ccc(F)cc1. The van der Waals surface area contributed by atoms with Gasteiger partial charge in [-0.15, -0.1) is 0 Å². The summed E-state index contributed by atoms with van der Waals surface area (Å²) in [5.41, 5.74) is 0.707. The van der Waals surface area contributed by atoms with Crippen molar-refractivity contribution in [1.29, 1.82) is 0 Å². The van der Waals surface area contributed by atoms with Crippen molar-refractivity contribution < 1.29 is 14.3 Å².